The molecule has 1 aliphatic rings. The number of anilines is 3. The summed E-state index contributed by atoms with van der Waals surface area (Å²) in [6.07, 6.45) is -3.11. The lowest BCUT2D eigenvalue weighted by molar-refractivity contribution is -0.137. The van der Waals surface area contributed by atoms with Crippen LogP contribution < -0.4 is 14.7 Å². The Balaban J connectivity index is 1.61. The van der Waals surface area contributed by atoms with Gasteiger partial charge >= 0.3 is 6.18 Å². The fraction of sp³-hybridized carbons (Fsp3) is 0.391. The Hall–Kier alpha value is -3.50. The van der Waals surface area contributed by atoms with Crippen LogP contribution in [0.2, 0.25) is 0 Å². The molecule has 0 saturated carbocycles. The van der Waals surface area contributed by atoms with Crippen LogP contribution in [0.15, 0.2) is 42.6 Å². The van der Waals surface area contributed by atoms with E-state index in [2.05, 4.69) is 19.9 Å². The van der Waals surface area contributed by atoms with Crippen LogP contribution in [-0.4, -0.2) is 59.2 Å². The van der Waals surface area contributed by atoms with Crippen molar-refractivity contribution < 1.29 is 17.6 Å². The first-order valence-electron chi connectivity index (χ1n) is 10.9. The molecular formula is C23H25F4N7. The van der Waals surface area contributed by atoms with Crippen molar-refractivity contribution in [2.45, 2.75) is 26.1 Å². The molecule has 180 valence electrons. The van der Waals surface area contributed by atoms with Gasteiger partial charge in [0.15, 0.2) is 5.82 Å². The highest BCUT2D eigenvalue weighted by Crippen LogP contribution is 2.35. The van der Waals surface area contributed by atoms with Crippen LogP contribution in [0.25, 0.3) is 11.4 Å². The van der Waals surface area contributed by atoms with Crippen LogP contribution in [-0.2, 0) is 6.18 Å². The molecule has 1 saturated heterocycles. The summed E-state index contributed by atoms with van der Waals surface area (Å²) >= 11 is 0. The van der Waals surface area contributed by atoms with Gasteiger partial charge in [-0.1, -0.05) is 0 Å². The van der Waals surface area contributed by atoms with Crippen molar-refractivity contribution in [2.24, 2.45) is 0 Å². The van der Waals surface area contributed by atoms with E-state index in [1.54, 1.807) is 17.0 Å². The zero-order chi connectivity index (χ0) is 24.5. The quantitative estimate of drug-likeness (QED) is 0.511. The summed E-state index contributed by atoms with van der Waals surface area (Å²) in [5, 5.41) is 0. The highest BCUT2D eigenvalue weighted by Gasteiger charge is 2.36. The molecule has 0 aliphatic carbocycles. The Bertz CT molecular complexity index is 1130. The lowest BCUT2D eigenvalue weighted by atomic mass is 10.2. The molecule has 7 nitrogen and oxygen atoms in total. The van der Waals surface area contributed by atoms with E-state index < -0.39 is 11.7 Å². The van der Waals surface area contributed by atoms with E-state index in [-0.39, 0.29) is 17.7 Å². The van der Waals surface area contributed by atoms with Crippen LogP contribution in [0.3, 0.4) is 0 Å². The number of hydrogen-bond acceptors (Lipinski definition) is 7. The molecule has 0 atom stereocenters. The first-order chi connectivity index (χ1) is 16.1. The molecule has 0 radical (unpaired) electrons. The van der Waals surface area contributed by atoms with Crippen molar-refractivity contribution in [1.82, 2.24) is 19.9 Å². The molecule has 1 aliphatic heterocycles. The fourth-order valence-electron chi connectivity index (χ4n) is 3.60. The second-order valence-electron chi connectivity index (χ2n) is 8.32. The van der Waals surface area contributed by atoms with Gasteiger partial charge in [-0.25, -0.2) is 9.37 Å². The van der Waals surface area contributed by atoms with Crippen LogP contribution in [0.1, 0.15) is 19.4 Å². The summed E-state index contributed by atoms with van der Waals surface area (Å²) in [6, 6.07) is 8.35. The molecule has 1 fully saturated rings. The van der Waals surface area contributed by atoms with Gasteiger partial charge in [0.25, 0.3) is 0 Å². The standard InChI is InChI=1S/C23H25F4N7/c1-15(2)32(3)21-29-19(16-6-8-17(24)9-7-16)30-22(31-21)34-13-11-33(12-14-34)20-18(23(25,26)27)5-4-10-28-20/h4-10,15H,11-14H2,1-3H3. The van der Waals surface area contributed by atoms with Crippen molar-refractivity contribution in [3.63, 3.8) is 0 Å². The number of piperazine rings is 1. The average Bonchev–Trinajstić information content (AvgIpc) is 2.83. The molecule has 11 heteroatoms. The minimum Gasteiger partial charge on any atom is -0.353 e. The van der Waals surface area contributed by atoms with E-state index in [1.807, 2.05) is 30.7 Å². The van der Waals surface area contributed by atoms with Gasteiger partial charge in [0.05, 0.1) is 5.56 Å². The predicted octanol–water partition coefficient (Wildman–Crippen LogP) is 4.26. The van der Waals surface area contributed by atoms with Crippen LogP contribution >= 0.6 is 0 Å². The zero-order valence-corrected chi connectivity index (χ0v) is 19.1. The number of pyridine rings is 1. The Kier molecular flexibility index (Phi) is 6.54. The van der Waals surface area contributed by atoms with Crippen molar-refractivity contribution in [2.75, 3.05) is 47.9 Å². The molecule has 1 aromatic carbocycles. The molecule has 0 bridgehead atoms. The summed E-state index contributed by atoms with van der Waals surface area (Å²) < 4.78 is 53.7. The topological polar surface area (TPSA) is 61.3 Å². The van der Waals surface area contributed by atoms with Gasteiger partial charge in [0.2, 0.25) is 11.9 Å². The van der Waals surface area contributed by atoms with Crippen LogP contribution in [0, 0.1) is 5.82 Å². The normalized spacial score (nSPS) is 14.6. The Labute approximate surface area is 195 Å². The van der Waals surface area contributed by atoms with Gasteiger partial charge in [0, 0.05) is 51.0 Å². The molecule has 0 amide bonds. The molecule has 3 aromatic rings. The van der Waals surface area contributed by atoms with E-state index in [1.165, 1.54) is 24.4 Å². The second-order valence-corrected chi connectivity index (χ2v) is 8.32. The van der Waals surface area contributed by atoms with E-state index in [4.69, 9.17) is 0 Å². The highest BCUT2D eigenvalue weighted by molar-refractivity contribution is 5.59. The molecule has 34 heavy (non-hydrogen) atoms. The first-order valence-corrected chi connectivity index (χ1v) is 10.9. The van der Waals surface area contributed by atoms with Crippen molar-refractivity contribution in [3.8, 4) is 11.4 Å². The molecule has 0 spiro atoms. The van der Waals surface area contributed by atoms with Gasteiger partial charge in [-0.15, -0.1) is 0 Å². The molecule has 0 N–H and O–H groups in total. The number of aromatic nitrogens is 4. The number of alkyl halides is 3. The number of benzene rings is 1. The SMILES string of the molecule is CC(C)N(C)c1nc(-c2ccc(F)cc2)nc(N2CCN(c3ncccc3C(F)(F)F)CC2)n1. The van der Waals surface area contributed by atoms with E-state index in [0.717, 1.165) is 6.07 Å². The number of halogens is 4. The summed E-state index contributed by atoms with van der Waals surface area (Å²) in [4.78, 5) is 23.2. The first kappa shape index (κ1) is 23.7. The number of hydrogen-bond donors (Lipinski definition) is 0. The number of rotatable bonds is 5. The van der Waals surface area contributed by atoms with Gasteiger partial charge < -0.3 is 14.7 Å². The van der Waals surface area contributed by atoms with E-state index in [9.17, 15) is 17.6 Å². The Morgan fingerprint density at radius 1 is 0.912 bits per heavy atom. The average molecular weight is 475 g/mol. The predicted molar refractivity (Wildman–Crippen MR) is 122 cm³/mol. The smallest absolute Gasteiger partial charge is 0.353 e. The summed E-state index contributed by atoms with van der Waals surface area (Å²) in [6.45, 7) is 5.48. The third-order valence-corrected chi connectivity index (χ3v) is 5.76. The van der Waals surface area contributed by atoms with Gasteiger partial charge in [0.1, 0.15) is 11.6 Å². The minimum atomic E-state index is -4.48. The summed E-state index contributed by atoms with van der Waals surface area (Å²) in [5.74, 6) is 0.859. The summed E-state index contributed by atoms with van der Waals surface area (Å²) in [5.41, 5.74) is -0.103. The lowest BCUT2D eigenvalue weighted by Crippen LogP contribution is -2.48. The minimum absolute atomic E-state index is 0.0717. The third kappa shape index (κ3) is 5.02. The molecule has 0 unspecified atom stereocenters. The van der Waals surface area contributed by atoms with Crippen molar-refractivity contribution in [1.29, 1.82) is 0 Å². The maximum atomic E-state index is 13.4. The van der Waals surface area contributed by atoms with Gasteiger partial charge in [-0.05, 0) is 50.2 Å². The van der Waals surface area contributed by atoms with Crippen LogP contribution in [0.5, 0.6) is 0 Å². The summed E-state index contributed by atoms with van der Waals surface area (Å²) in [7, 11) is 1.87. The third-order valence-electron chi connectivity index (χ3n) is 5.76. The Morgan fingerprint density at radius 3 is 2.18 bits per heavy atom. The maximum absolute atomic E-state index is 13.4. The zero-order valence-electron chi connectivity index (χ0n) is 19.1. The fourth-order valence-corrected chi connectivity index (χ4v) is 3.60. The monoisotopic (exact) mass is 475 g/mol. The highest BCUT2D eigenvalue weighted by atomic mass is 19.4. The Morgan fingerprint density at radius 2 is 1.56 bits per heavy atom. The largest absolute Gasteiger partial charge is 0.419 e. The van der Waals surface area contributed by atoms with E-state index in [0.29, 0.717) is 49.5 Å². The molecule has 3 heterocycles. The number of nitrogens with zero attached hydrogens (tertiary/aromatic N) is 7. The van der Waals surface area contributed by atoms with E-state index >= 15 is 0 Å². The maximum Gasteiger partial charge on any atom is 0.419 e. The lowest BCUT2D eigenvalue weighted by Gasteiger charge is -2.36. The van der Waals surface area contributed by atoms with Gasteiger partial charge in [-0.2, -0.15) is 28.1 Å². The van der Waals surface area contributed by atoms with Crippen LogP contribution in [0.4, 0.5) is 35.3 Å². The molecule has 4 rings (SSSR count). The molecule has 2 aromatic heterocycles. The molecular weight excluding hydrogens is 450 g/mol. The van der Waals surface area contributed by atoms with Crippen molar-refractivity contribution >= 4 is 17.7 Å². The second kappa shape index (κ2) is 9.40. The van der Waals surface area contributed by atoms with Crippen molar-refractivity contribution in [3.05, 3.63) is 54.0 Å². The van der Waals surface area contributed by atoms with Gasteiger partial charge in [-0.3, -0.25) is 0 Å².